The first-order valence-electron chi connectivity index (χ1n) is 13.0. The maximum atomic E-state index is 13.2. The van der Waals surface area contributed by atoms with Crippen LogP contribution in [0.3, 0.4) is 0 Å². The van der Waals surface area contributed by atoms with E-state index in [-0.39, 0.29) is 29.5 Å². The highest BCUT2D eigenvalue weighted by Crippen LogP contribution is 2.35. The van der Waals surface area contributed by atoms with Crippen LogP contribution in [0.1, 0.15) is 37.3 Å². The Kier molecular flexibility index (Phi) is 8.76. The molecule has 0 saturated carbocycles. The van der Waals surface area contributed by atoms with Gasteiger partial charge in [-0.3, -0.25) is 9.59 Å². The second kappa shape index (κ2) is 12.0. The maximum absolute atomic E-state index is 13.2. The van der Waals surface area contributed by atoms with Gasteiger partial charge in [0.25, 0.3) is 0 Å². The molecule has 6 nitrogen and oxygen atoms in total. The molecule has 0 aliphatic carbocycles. The monoisotopic (exact) mass is 529 g/mol. The van der Waals surface area contributed by atoms with Crippen LogP contribution in [0.5, 0.6) is 0 Å². The lowest BCUT2D eigenvalue weighted by atomic mass is 9.99. The zero-order chi connectivity index (χ0) is 27.3. The first-order valence-corrected chi connectivity index (χ1v) is 13.0. The second-order valence-electron chi connectivity index (χ2n) is 9.95. The van der Waals surface area contributed by atoms with Crippen molar-refractivity contribution in [2.75, 3.05) is 38.7 Å². The highest BCUT2D eigenvalue weighted by Gasteiger charge is 2.36. The van der Waals surface area contributed by atoms with Gasteiger partial charge < -0.3 is 19.9 Å². The summed E-state index contributed by atoms with van der Waals surface area (Å²) in [6.07, 6.45) is -0.397. The van der Waals surface area contributed by atoms with Gasteiger partial charge in [0.1, 0.15) is 0 Å². The predicted octanol–water partition coefficient (Wildman–Crippen LogP) is 5.28. The van der Waals surface area contributed by atoms with E-state index in [0.29, 0.717) is 32.7 Å². The Balaban J connectivity index is 1.44. The summed E-state index contributed by atoms with van der Waals surface area (Å²) in [5.41, 5.74) is 1.16. The first-order chi connectivity index (χ1) is 18.1. The second-order valence-corrected chi connectivity index (χ2v) is 9.95. The van der Waals surface area contributed by atoms with E-state index in [1.54, 1.807) is 4.90 Å². The highest BCUT2D eigenvalue weighted by molar-refractivity contribution is 5.96. The van der Waals surface area contributed by atoms with Gasteiger partial charge in [-0.2, -0.15) is 13.2 Å². The average Bonchev–Trinajstić information content (AvgIpc) is 3.25. The zero-order valence-corrected chi connectivity index (χ0v) is 21.7. The van der Waals surface area contributed by atoms with Gasteiger partial charge in [-0.25, -0.2) is 0 Å². The molecule has 2 aliphatic rings. The minimum atomic E-state index is -4.49. The molecular formula is C29H34F3N3O3. The van der Waals surface area contributed by atoms with Crippen molar-refractivity contribution in [1.82, 2.24) is 9.80 Å². The molecule has 1 fully saturated rings. The summed E-state index contributed by atoms with van der Waals surface area (Å²) in [7, 11) is 1.82. The van der Waals surface area contributed by atoms with Crippen molar-refractivity contribution in [1.29, 1.82) is 0 Å². The molecule has 0 radical (unpaired) electrons. The molecule has 2 unspecified atom stereocenters. The number of nitrogens with zero attached hydrogens (tertiary/aromatic N) is 2. The Morgan fingerprint density at radius 2 is 1.79 bits per heavy atom. The number of anilines is 1. The highest BCUT2D eigenvalue weighted by atomic mass is 19.4. The fourth-order valence-corrected chi connectivity index (χ4v) is 5.15. The lowest BCUT2D eigenvalue weighted by Gasteiger charge is -2.31. The van der Waals surface area contributed by atoms with Crippen LogP contribution in [0, 0.1) is 11.8 Å². The molecule has 4 rings (SSSR count). The molecule has 1 saturated heterocycles. The number of ether oxygens (including phenoxy) is 1. The van der Waals surface area contributed by atoms with Crippen molar-refractivity contribution in [2.45, 2.75) is 38.4 Å². The number of halogens is 3. The number of alkyl halides is 3. The molecule has 2 heterocycles. The molecule has 2 atom stereocenters. The van der Waals surface area contributed by atoms with E-state index >= 15 is 0 Å². The lowest BCUT2D eigenvalue weighted by Crippen LogP contribution is -2.39. The van der Waals surface area contributed by atoms with E-state index in [2.05, 4.69) is 10.2 Å². The molecule has 2 aliphatic heterocycles. The van der Waals surface area contributed by atoms with Crippen molar-refractivity contribution < 1.29 is 27.5 Å². The Morgan fingerprint density at radius 3 is 2.47 bits per heavy atom. The minimum absolute atomic E-state index is 0.00293. The van der Waals surface area contributed by atoms with E-state index in [0.717, 1.165) is 36.2 Å². The fraction of sp³-hybridized carbons (Fsp3) is 0.448. The van der Waals surface area contributed by atoms with Crippen LogP contribution >= 0.6 is 0 Å². The van der Waals surface area contributed by atoms with Gasteiger partial charge in [-0.1, -0.05) is 36.4 Å². The van der Waals surface area contributed by atoms with Gasteiger partial charge in [0.15, 0.2) is 0 Å². The number of carbonyl (C=O) groups excluding carboxylic acids is 2. The van der Waals surface area contributed by atoms with Crippen LogP contribution in [0.4, 0.5) is 18.9 Å². The van der Waals surface area contributed by atoms with Crippen LogP contribution in [0.25, 0.3) is 5.70 Å². The minimum Gasteiger partial charge on any atom is -0.381 e. The Bertz CT molecular complexity index is 1150. The number of amides is 2. The molecule has 38 heavy (non-hydrogen) atoms. The fourth-order valence-electron chi connectivity index (χ4n) is 5.15. The SMILES string of the molecule is CC1C(C(=O)Nc2cccc(C(F)(F)F)c2)C=C(c2ccccc2)N1CCCN(C)C(=O)C1CCOCC1. The maximum Gasteiger partial charge on any atom is 0.416 e. The third-order valence-corrected chi connectivity index (χ3v) is 7.33. The summed E-state index contributed by atoms with van der Waals surface area (Å²) in [5, 5.41) is 2.67. The summed E-state index contributed by atoms with van der Waals surface area (Å²) in [6, 6.07) is 14.2. The van der Waals surface area contributed by atoms with Gasteiger partial charge in [-0.15, -0.1) is 0 Å². The number of nitrogens with one attached hydrogen (secondary N) is 1. The molecule has 204 valence electrons. The molecular weight excluding hydrogens is 495 g/mol. The molecule has 2 amide bonds. The zero-order valence-electron chi connectivity index (χ0n) is 21.7. The van der Waals surface area contributed by atoms with E-state index in [1.165, 1.54) is 12.1 Å². The van der Waals surface area contributed by atoms with Gasteiger partial charge in [0, 0.05) is 56.7 Å². The molecule has 0 bridgehead atoms. The van der Waals surface area contributed by atoms with Crippen LogP contribution in [0.2, 0.25) is 0 Å². The van der Waals surface area contributed by atoms with Crippen molar-refractivity contribution in [3.8, 4) is 0 Å². The largest absolute Gasteiger partial charge is 0.416 e. The van der Waals surface area contributed by atoms with Gasteiger partial charge in [0.2, 0.25) is 11.8 Å². The average molecular weight is 530 g/mol. The standard InChI is InChI=1S/C29H34F3N3O3/c1-20-25(27(36)33-24-11-6-10-23(18-24)29(30,31)32)19-26(21-8-4-3-5-9-21)35(20)15-7-14-34(2)28(37)22-12-16-38-17-13-22/h3-6,8-11,18-20,22,25H,7,12-17H2,1-2H3,(H,33,36). The summed E-state index contributed by atoms with van der Waals surface area (Å²) < 4.78 is 44.8. The third-order valence-electron chi connectivity index (χ3n) is 7.33. The van der Waals surface area contributed by atoms with Gasteiger partial charge in [-0.05, 0) is 56.0 Å². The topological polar surface area (TPSA) is 61.9 Å². The first kappa shape index (κ1) is 27.7. The molecule has 0 spiro atoms. The quantitative estimate of drug-likeness (QED) is 0.506. The van der Waals surface area contributed by atoms with Crippen molar-refractivity contribution in [2.24, 2.45) is 11.8 Å². The molecule has 9 heteroatoms. The van der Waals surface area contributed by atoms with E-state index in [9.17, 15) is 22.8 Å². The van der Waals surface area contributed by atoms with Crippen molar-refractivity contribution in [3.63, 3.8) is 0 Å². The van der Waals surface area contributed by atoms with Crippen LogP contribution in [-0.2, 0) is 20.5 Å². The Hall–Kier alpha value is -3.33. The number of benzene rings is 2. The van der Waals surface area contributed by atoms with Crippen LogP contribution in [0.15, 0.2) is 60.7 Å². The van der Waals surface area contributed by atoms with E-state index in [4.69, 9.17) is 4.74 Å². The molecule has 0 aromatic heterocycles. The van der Waals surface area contributed by atoms with Crippen LogP contribution < -0.4 is 5.32 Å². The molecule has 1 N–H and O–H groups in total. The smallest absolute Gasteiger partial charge is 0.381 e. The Morgan fingerprint density at radius 1 is 1.08 bits per heavy atom. The normalized spacial score (nSPS) is 20.2. The summed E-state index contributed by atoms with van der Waals surface area (Å²) in [6.45, 7) is 4.39. The van der Waals surface area contributed by atoms with E-state index < -0.39 is 17.7 Å². The predicted molar refractivity (Wildman–Crippen MR) is 140 cm³/mol. The Labute approximate surface area is 221 Å². The third kappa shape index (κ3) is 6.56. The van der Waals surface area contributed by atoms with E-state index in [1.807, 2.05) is 50.4 Å². The van der Waals surface area contributed by atoms with Crippen molar-refractivity contribution >= 4 is 23.2 Å². The van der Waals surface area contributed by atoms with Gasteiger partial charge >= 0.3 is 6.18 Å². The summed E-state index contributed by atoms with van der Waals surface area (Å²) in [5.74, 6) is -0.774. The number of carbonyl (C=O) groups is 2. The molecule has 2 aromatic carbocycles. The molecule has 2 aromatic rings. The lowest BCUT2D eigenvalue weighted by molar-refractivity contribution is -0.138. The van der Waals surface area contributed by atoms with Gasteiger partial charge in [0.05, 0.1) is 11.5 Å². The number of hydrogen-bond acceptors (Lipinski definition) is 4. The summed E-state index contributed by atoms with van der Waals surface area (Å²) >= 11 is 0. The summed E-state index contributed by atoms with van der Waals surface area (Å²) in [4.78, 5) is 30.0. The van der Waals surface area contributed by atoms with Crippen molar-refractivity contribution in [3.05, 3.63) is 71.8 Å². The van der Waals surface area contributed by atoms with Crippen LogP contribution in [-0.4, -0.2) is 61.0 Å². The number of rotatable bonds is 8. The number of hydrogen-bond donors (Lipinski definition) is 1.